The maximum atomic E-state index is 13.4. The first-order valence-corrected chi connectivity index (χ1v) is 12.4. The first kappa shape index (κ1) is 24.4. The highest BCUT2D eigenvalue weighted by Gasteiger charge is 2.73. The average Bonchev–Trinajstić information content (AvgIpc) is 3.54. The summed E-state index contributed by atoms with van der Waals surface area (Å²) in [7, 11) is 0. The van der Waals surface area contributed by atoms with Crippen molar-refractivity contribution in [1.82, 2.24) is 20.4 Å². The lowest BCUT2D eigenvalue weighted by molar-refractivity contribution is -0.230. The minimum absolute atomic E-state index is 0.0716. The first-order chi connectivity index (χ1) is 17.9. The lowest BCUT2D eigenvalue weighted by atomic mass is 9.84. The SMILES string of the molecule is CC1(C)COc2c(C(=O)NC3CN4C(N)=N[C@@H](CN5C(=O)CCC5=O)C5N=C(N)NC54C3(O)O)cccc21. The average molecular weight is 527 g/mol. The minimum atomic E-state index is -2.64. The standard InChI is InChI=1S/C24H30N8O6/c1-22(2)10-38-17-11(4-3-5-12(17)22)19(35)28-14-9-32-21(26)27-13(8-31-15(33)6-7-16(31)34)18-23(32,24(14,36)37)30-20(25)29-18/h3-5,13-14,18,36-37H,6-10H2,1-2H3,(H2,26,27)(H,28,35)(H3,25,29,30)/t13-,14?,18?,23?/m0/s1. The largest absolute Gasteiger partial charge is 0.492 e. The van der Waals surface area contributed by atoms with E-state index in [-0.39, 0.29) is 60.6 Å². The number of nitrogens with zero attached hydrogens (tertiary/aromatic N) is 4. The molecule has 5 aliphatic heterocycles. The smallest absolute Gasteiger partial charge is 0.255 e. The molecule has 14 heteroatoms. The summed E-state index contributed by atoms with van der Waals surface area (Å²) in [5, 5.41) is 28.8. The van der Waals surface area contributed by atoms with Crippen molar-refractivity contribution in [2.24, 2.45) is 21.5 Å². The van der Waals surface area contributed by atoms with Crippen LogP contribution in [0.2, 0.25) is 0 Å². The summed E-state index contributed by atoms with van der Waals surface area (Å²) in [6.45, 7) is 4.16. The van der Waals surface area contributed by atoms with E-state index in [0.29, 0.717) is 12.4 Å². The van der Waals surface area contributed by atoms with Gasteiger partial charge in [-0.05, 0) is 6.07 Å². The van der Waals surface area contributed by atoms with Crippen molar-refractivity contribution in [3.8, 4) is 5.75 Å². The Bertz CT molecular complexity index is 1310. The molecule has 3 unspecified atom stereocenters. The van der Waals surface area contributed by atoms with Crippen LogP contribution in [0.1, 0.15) is 42.6 Å². The van der Waals surface area contributed by atoms with E-state index in [9.17, 15) is 24.6 Å². The van der Waals surface area contributed by atoms with E-state index in [4.69, 9.17) is 16.2 Å². The van der Waals surface area contributed by atoms with Crippen LogP contribution in [0.5, 0.6) is 5.75 Å². The molecular formula is C24H30N8O6. The zero-order valence-corrected chi connectivity index (χ0v) is 21.0. The number of aliphatic hydroxyl groups is 2. The number of benzene rings is 1. The van der Waals surface area contributed by atoms with Gasteiger partial charge in [-0.15, -0.1) is 0 Å². The molecule has 1 spiro atoms. The van der Waals surface area contributed by atoms with E-state index in [1.54, 1.807) is 12.1 Å². The van der Waals surface area contributed by atoms with Gasteiger partial charge in [0.25, 0.3) is 5.91 Å². The predicted molar refractivity (Wildman–Crippen MR) is 133 cm³/mol. The molecule has 1 aromatic rings. The summed E-state index contributed by atoms with van der Waals surface area (Å²) < 4.78 is 5.83. The first-order valence-electron chi connectivity index (χ1n) is 12.4. The molecule has 3 amide bonds. The third-order valence-electron chi connectivity index (χ3n) is 8.20. The summed E-state index contributed by atoms with van der Waals surface area (Å²) in [5.41, 5.74) is 11.4. The van der Waals surface area contributed by atoms with Crippen molar-refractivity contribution < 1.29 is 29.3 Å². The van der Waals surface area contributed by atoms with Crippen LogP contribution in [0.25, 0.3) is 0 Å². The normalized spacial score (nSPS) is 32.2. The number of ether oxygens (including phenoxy) is 1. The Morgan fingerprint density at radius 2 is 1.92 bits per heavy atom. The number of amides is 3. The van der Waals surface area contributed by atoms with Gasteiger partial charge in [0, 0.05) is 30.4 Å². The van der Waals surface area contributed by atoms with Gasteiger partial charge in [0.15, 0.2) is 17.6 Å². The van der Waals surface area contributed by atoms with E-state index in [2.05, 4.69) is 20.6 Å². The van der Waals surface area contributed by atoms with E-state index < -0.39 is 35.5 Å². The second kappa shape index (κ2) is 7.80. The number of imide groups is 1. The number of hydrogen-bond donors (Lipinski definition) is 6. The van der Waals surface area contributed by atoms with Crippen LogP contribution < -0.4 is 26.8 Å². The molecule has 8 N–H and O–H groups in total. The van der Waals surface area contributed by atoms with E-state index >= 15 is 0 Å². The fourth-order valence-electron chi connectivity index (χ4n) is 6.22. The zero-order chi connectivity index (χ0) is 27.2. The van der Waals surface area contributed by atoms with E-state index in [0.717, 1.165) is 10.5 Å². The fraction of sp³-hybridized carbons (Fsp3) is 0.542. The summed E-state index contributed by atoms with van der Waals surface area (Å²) in [4.78, 5) is 49.2. The van der Waals surface area contributed by atoms with Crippen LogP contribution in [0.15, 0.2) is 28.2 Å². The van der Waals surface area contributed by atoms with Gasteiger partial charge in [0.2, 0.25) is 17.6 Å². The Balaban J connectivity index is 1.31. The number of guanidine groups is 2. The zero-order valence-electron chi connectivity index (χ0n) is 21.0. The van der Waals surface area contributed by atoms with Crippen LogP contribution in [0.3, 0.4) is 0 Å². The summed E-state index contributed by atoms with van der Waals surface area (Å²) >= 11 is 0. The van der Waals surface area contributed by atoms with E-state index in [1.807, 2.05) is 19.9 Å². The van der Waals surface area contributed by atoms with Gasteiger partial charge < -0.3 is 42.0 Å². The Morgan fingerprint density at radius 1 is 1.21 bits per heavy atom. The Morgan fingerprint density at radius 3 is 2.63 bits per heavy atom. The number of fused-ring (bicyclic) bond motifs is 1. The molecule has 2 fully saturated rings. The Kier molecular flexibility index (Phi) is 5.01. The number of nitrogens with one attached hydrogen (secondary N) is 2. The molecule has 38 heavy (non-hydrogen) atoms. The monoisotopic (exact) mass is 526 g/mol. The van der Waals surface area contributed by atoms with Crippen LogP contribution in [0.4, 0.5) is 0 Å². The fourth-order valence-corrected chi connectivity index (χ4v) is 6.22. The molecule has 5 aliphatic rings. The maximum Gasteiger partial charge on any atom is 0.255 e. The molecule has 4 atom stereocenters. The number of nitrogens with two attached hydrogens (primary N) is 2. The number of likely N-dealkylation sites (tertiary alicyclic amines) is 1. The van der Waals surface area contributed by atoms with Crippen LogP contribution in [0, 0.1) is 0 Å². The van der Waals surface area contributed by atoms with Crippen molar-refractivity contribution in [3.05, 3.63) is 29.3 Å². The van der Waals surface area contributed by atoms with Gasteiger partial charge in [0.05, 0.1) is 24.8 Å². The molecule has 0 bridgehead atoms. The molecule has 0 radical (unpaired) electrons. The summed E-state index contributed by atoms with van der Waals surface area (Å²) in [6.07, 6.45) is 0.191. The van der Waals surface area contributed by atoms with Crippen LogP contribution in [-0.4, -0.2) is 98.9 Å². The van der Waals surface area contributed by atoms with Gasteiger partial charge in [-0.25, -0.2) is 9.98 Å². The number of carbonyl (C=O) groups excluding carboxylic acids is 3. The third kappa shape index (κ3) is 3.16. The number of aliphatic imine (C=N–C) groups is 2. The van der Waals surface area contributed by atoms with Gasteiger partial charge in [0.1, 0.15) is 17.8 Å². The van der Waals surface area contributed by atoms with Crippen molar-refractivity contribution in [1.29, 1.82) is 0 Å². The van der Waals surface area contributed by atoms with Crippen LogP contribution in [-0.2, 0) is 15.0 Å². The predicted octanol–water partition coefficient (Wildman–Crippen LogP) is -2.72. The minimum Gasteiger partial charge on any atom is -0.492 e. The second-order valence-electron chi connectivity index (χ2n) is 11.0. The Hall–Kier alpha value is -3.91. The highest BCUT2D eigenvalue weighted by atomic mass is 16.5. The lowest BCUT2D eigenvalue weighted by Crippen LogP contribution is -2.78. The van der Waals surface area contributed by atoms with Crippen LogP contribution >= 0.6 is 0 Å². The summed E-state index contributed by atoms with van der Waals surface area (Å²) in [5.74, 6) is -3.61. The summed E-state index contributed by atoms with van der Waals surface area (Å²) in [6, 6.07) is 2.09. The number of carbonyl (C=O) groups is 3. The van der Waals surface area contributed by atoms with Crippen molar-refractivity contribution >= 4 is 29.6 Å². The molecule has 1 aromatic carbocycles. The molecule has 0 aliphatic carbocycles. The molecule has 6 rings (SSSR count). The molecular weight excluding hydrogens is 496 g/mol. The number of para-hydroxylation sites is 1. The van der Waals surface area contributed by atoms with Crippen molar-refractivity contribution in [2.45, 2.75) is 61.7 Å². The topological polar surface area (TPSA) is 208 Å². The second-order valence-corrected chi connectivity index (χ2v) is 11.0. The van der Waals surface area contributed by atoms with Gasteiger partial charge in [-0.3, -0.25) is 19.3 Å². The van der Waals surface area contributed by atoms with E-state index in [1.165, 1.54) is 4.90 Å². The third-order valence-corrected chi connectivity index (χ3v) is 8.20. The quantitative estimate of drug-likeness (QED) is 0.176. The van der Waals surface area contributed by atoms with Gasteiger partial charge in [-0.2, -0.15) is 0 Å². The number of rotatable bonds is 4. The van der Waals surface area contributed by atoms with Gasteiger partial charge >= 0.3 is 0 Å². The molecule has 14 nitrogen and oxygen atoms in total. The van der Waals surface area contributed by atoms with Crippen molar-refractivity contribution in [3.63, 3.8) is 0 Å². The maximum absolute atomic E-state index is 13.4. The molecule has 5 heterocycles. The lowest BCUT2D eigenvalue weighted by Gasteiger charge is -2.49. The molecule has 2 saturated heterocycles. The van der Waals surface area contributed by atoms with Gasteiger partial charge in [-0.1, -0.05) is 26.0 Å². The molecule has 0 saturated carbocycles. The Labute approximate surface area is 217 Å². The van der Waals surface area contributed by atoms with Crippen molar-refractivity contribution in [2.75, 3.05) is 19.7 Å². The number of hydrogen-bond acceptors (Lipinski definition) is 12. The molecule has 202 valence electrons. The highest BCUT2D eigenvalue weighted by Crippen LogP contribution is 2.45. The highest BCUT2D eigenvalue weighted by molar-refractivity contribution is 6.02. The molecule has 0 aromatic heterocycles.